The lowest BCUT2D eigenvalue weighted by atomic mass is 10.0. The lowest BCUT2D eigenvalue weighted by Gasteiger charge is -2.35. The van der Waals surface area contributed by atoms with Gasteiger partial charge in [-0.15, -0.1) is 10.2 Å². The molecule has 1 unspecified atom stereocenters. The highest BCUT2D eigenvalue weighted by Crippen LogP contribution is 2.24. The zero-order chi connectivity index (χ0) is 17.6. The number of benzene rings is 1. The van der Waals surface area contributed by atoms with Crippen LogP contribution in [0.2, 0.25) is 5.02 Å². The lowest BCUT2D eigenvalue weighted by molar-refractivity contribution is -0.115. The van der Waals surface area contributed by atoms with Crippen LogP contribution in [0.5, 0.6) is 0 Å². The van der Waals surface area contributed by atoms with Crippen LogP contribution in [0, 0.1) is 0 Å². The standard InChI is InChI=1S/C19H23ClN4O/c1-2-16-5-3-4-12-24(16)18-11-10-17(22-23-18)21-19(25)13-14-6-8-15(20)9-7-14/h6-11,16H,2-5,12-13H2,1H3,(H,21,22,25). The molecule has 5 nitrogen and oxygen atoms in total. The SMILES string of the molecule is CCC1CCCCN1c1ccc(NC(=O)Cc2ccc(Cl)cc2)nn1. The number of hydrogen-bond donors (Lipinski definition) is 1. The average Bonchev–Trinajstić information content (AvgIpc) is 2.64. The fourth-order valence-electron chi connectivity index (χ4n) is 3.25. The van der Waals surface area contributed by atoms with Crippen molar-refractivity contribution in [1.29, 1.82) is 0 Å². The van der Waals surface area contributed by atoms with Crippen molar-refractivity contribution in [3.8, 4) is 0 Å². The van der Waals surface area contributed by atoms with Gasteiger partial charge in [0.15, 0.2) is 11.6 Å². The van der Waals surface area contributed by atoms with E-state index in [1.54, 1.807) is 12.1 Å². The summed E-state index contributed by atoms with van der Waals surface area (Å²) in [6.45, 7) is 3.23. The number of carbonyl (C=O) groups excluding carboxylic acids is 1. The van der Waals surface area contributed by atoms with E-state index in [4.69, 9.17) is 11.6 Å². The molecule has 25 heavy (non-hydrogen) atoms. The Morgan fingerprint density at radius 1 is 1.20 bits per heavy atom. The van der Waals surface area contributed by atoms with E-state index in [9.17, 15) is 4.79 Å². The molecule has 1 aliphatic heterocycles. The summed E-state index contributed by atoms with van der Waals surface area (Å²) < 4.78 is 0. The first-order chi connectivity index (χ1) is 12.2. The highest BCUT2D eigenvalue weighted by Gasteiger charge is 2.22. The molecule has 0 spiro atoms. The van der Waals surface area contributed by atoms with Gasteiger partial charge >= 0.3 is 0 Å². The normalized spacial score (nSPS) is 17.4. The topological polar surface area (TPSA) is 58.1 Å². The Kier molecular flexibility index (Phi) is 5.87. The van der Waals surface area contributed by atoms with E-state index in [1.807, 2.05) is 24.3 Å². The number of hydrogen-bond acceptors (Lipinski definition) is 4. The van der Waals surface area contributed by atoms with Crippen LogP contribution < -0.4 is 10.2 Å². The third-order valence-corrected chi connectivity index (χ3v) is 4.84. The predicted octanol–water partition coefficient (Wildman–Crippen LogP) is 4.08. The second-order valence-electron chi connectivity index (χ2n) is 6.38. The number of amides is 1. The minimum absolute atomic E-state index is 0.117. The third kappa shape index (κ3) is 4.69. The Morgan fingerprint density at radius 3 is 2.68 bits per heavy atom. The second-order valence-corrected chi connectivity index (χ2v) is 6.82. The molecule has 1 aromatic heterocycles. The molecule has 1 fully saturated rings. The summed E-state index contributed by atoms with van der Waals surface area (Å²) in [4.78, 5) is 14.5. The summed E-state index contributed by atoms with van der Waals surface area (Å²) in [6, 6.07) is 11.6. The fourth-order valence-corrected chi connectivity index (χ4v) is 3.37. The van der Waals surface area contributed by atoms with E-state index in [1.165, 1.54) is 19.3 Å². The Bertz CT molecular complexity index is 702. The highest BCUT2D eigenvalue weighted by atomic mass is 35.5. The molecule has 0 aliphatic carbocycles. The number of piperidine rings is 1. The molecule has 1 amide bonds. The molecule has 6 heteroatoms. The first kappa shape index (κ1) is 17.7. The van der Waals surface area contributed by atoms with E-state index >= 15 is 0 Å². The van der Waals surface area contributed by atoms with E-state index in [0.717, 1.165) is 24.3 Å². The maximum absolute atomic E-state index is 12.1. The van der Waals surface area contributed by atoms with Gasteiger partial charge in [0.25, 0.3) is 0 Å². The van der Waals surface area contributed by atoms with Gasteiger partial charge in [-0.05, 0) is 55.5 Å². The van der Waals surface area contributed by atoms with Gasteiger partial charge < -0.3 is 10.2 Å². The summed E-state index contributed by atoms with van der Waals surface area (Å²) >= 11 is 5.85. The molecule has 3 rings (SSSR count). The van der Waals surface area contributed by atoms with Gasteiger partial charge in [-0.2, -0.15) is 0 Å². The molecule has 1 aliphatic rings. The summed E-state index contributed by atoms with van der Waals surface area (Å²) in [7, 11) is 0. The molecular formula is C19H23ClN4O. The maximum atomic E-state index is 12.1. The highest BCUT2D eigenvalue weighted by molar-refractivity contribution is 6.30. The van der Waals surface area contributed by atoms with Crippen LogP contribution in [0.1, 0.15) is 38.2 Å². The Hall–Kier alpha value is -2.14. The van der Waals surface area contributed by atoms with Gasteiger partial charge in [0.05, 0.1) is 6.42 Å². The zero-order valence-corrected chi connectivity index (χ0v) is 15.2. The van der Waals surface area contributed by atoms with Crippen LogP contribution in [0.15, 0.2) is 36.4 Å². The van der Waals surface area contributed by atoms with Crippen molar-refractivity contribution < 1.29 is 4.79 Å². The molecule has 132 valence electrons. The molecule has 1 saturated heterocycles. The monoisotopic (exact) mass is 358 g/mol. The quantitative estimate of drug-likeness (QED) is 0.874. The second kappa shape index (κ2) is 8.30. The van der Waals surface area contributed by atoms with Crippen molar-refractivity contribution in [1.82, 2.24) is 10.2 Å². The van der Waals surface area contributed by atoms with Crippen LogP contribution in [0.25, 0.3) is 0 Å². The largest absolute Gasteiger partial charge is 0.352 e. The number of nitrogens with zero attached hydrogens (tertiary/aromatic N) is 3. The zero-order valence-electron chi connectivity index (χ0n) is 14.4. The van der Waals surface area contributed by atoms with Gasteiger partial charge in [-0.3, -0.25) is 4.79 Å². The van der Waals surface area contributed by atoms with E-state index in [0.29, 0.717) is 16.9 Å². The van der Waals surface area contributed by atoms with Gasteiger partial charge in [0.1, 0.15) is 0 Å². The van der Waals surface area contributed by atoms with Crippen molar-refractivity contribution in [2.24, 2.45) is 0 Å². The van der Waals surface area contributed by atoms with Gasteiger partial charge in [0, 0.05) is 17.6 Å². The Morgan fingerprint density at radius 2 is 2.00 bits per heavy atom. The molecule has 1 atom stereocenters. The van der Waals surface area contributed by atoms with Crippen molar-refractivity contribution in [3.63, 3.8) is 0 Å². The molecule has 0 saturated carbocycles. The van der Waals surface area contributed by atoms with Crippen molar-refractivity contribution in [2.45, 2.75) is 45.1 Å². The first-order valence-electron chi connectivity index (χ1n) is 8.80. The number of nitrogens with one attached hydrogen (secondary N) is 1. The number of carbonyl (C=O) groups is 1. The summed E-state index contributed by atoms with van der Waals surface area (Å²) in [6.07, 6.45) is 5.07. The fraction of sp³-hybridized carbons (Fsp3) is 0.421. The molecule has 1 N–H and O–H groups in total. The third-order valence-electron chi connectivity index (χ3n) is 4.59. The summed E-state index contributed by atoms with van der Waals surface area (Å²) in [5, 5.41) is 11.9. The summed E-state index contributed by atoms with van der Waals surface area (Å²) in [5.41, 5.74) is 0.908. The number of halogens is 1. The molecule has 1 aromatic carbocycles. The number of aromatic nitrogens is 2. The van der Waals surface area contributed by atoms with Crippen molar-refractivity contribution in [2.75, 3.05) is 16.8 Å². The number of anilines is 2. The van der Waals surface area contributed by atoms with Crippen LogP contribution in [-0.4, -0.2) is 28.7 Å². The minimum Gasteiger partial charge on any atom is -0.352 e. The molecule has 0 bridgehead atoms. The molecular weight excluding hydrogens is 336 g/mol. The predicted molar refractivity (Wildman–Crippen MR) is 101 cm³/mol. The van der Waals surface area contributed by atoms with Crippen molar-refractivity contribution in [3.05, 3.63) is 47.0 Å². The minimum atomic E-state index is -0.117. The first-order valence-corrected chi connectivity index (χ1v) is 9.18. The molecule has 2 aromatic rings. The van der Waals surface area contributed by atoms with E-state index in [-0.39, 0.29) is 12.3 Å². The lowest BCUT2D eigenvalue weighted by Crippen LogP contribution is -2.39. The van der Waals surface area contributed by atoms with Gasteiger partial charge in [0.2, 0.25) is 5.91 Å². The summed E-state index contributed by atoms with van der Waals surface area (Å²) in [5.74, 6) is 1.25. The van der Waals surface area contributed by atoms with Crippen LogP contribution in [-0.2, 0) is 11.2 Å². The van der Waals surface area contributed by atoms with E-state index in [2.05, 4.69) is 27.3 Å². The molecule has 0 radical (unpaired) electrons. The van der Waals surface area contributed by atoms with Crippen LogP contribution in [0.3, 0.4) is 0 Å². The van der Waals surface area contributed by atoms with Gasteiger partial charge in [-0.25, -0.2) is 0 Å². The maximum Gasteiger partial charge on any atom is 0.229 e. The van der Waals surface area contributed by atoms with E-state index < -0.39 is 0 Å². The van der Waals surface area contributed by atoms with Crippen LogP contribution >= 0.6 is 11.6 Å². The van der Waals surface area contributed by atoms with Crippen LogP contribution in [0.4, 0.5) is 11.6 Å². The van der Waals surface area contributed by atoms with Crippen molar-refractivity contribution >= 4 is 29.1 Å². The smallest absolute Gasteiger partial charge is 0.229 e. The molecule has 2 heterocycles. The average molecular weight is 359 g/mol. The number of rotatable bonds is 5. The Labute approximate surface area is 153 Å². The Balaban J connectivity index is 1.60. The van der Waals surface area contributed by atoms with Gasteiger partial charge in [-0.1, -0.05) is 30.7 Å².